The van der Waals surface area contributed by atoms with Crippen molar-refractivity contribution < 1.29 is 20.1 Å². The molecule has 0 rings (SSSR count). The molecule has 0 spiro atoms. The second-order valence-electron chi connectivity index (χ2n) is 3.10. The second kappa shape index (κ2) is 7.00. The van der Waals surface area contributed by atoms with Crippen LogP contribution < -0.4 is 0 Å². The SMILES string of the molecule is CCC(O)C(=O)CCC(O)CCO. The molecule has 0 aromatic rings. The first-order valence-corrected chi connectivity index (χ1v) is 4.61. The summed E-state index contributed by atoms with van der Waals surface area (Å²) in [4.78, 5) is 11.1. The quantitative estimate of drug-likeness (QED) is 0.521. The lowest BCUT2D eigenvalue weighted by Gasteiger charge is -2.09. The number of Topliss-reactive ketones (excluding diaryl/α,β-unsaturated/α-hetero) is 1. The van der Waals surface area contributed by atoms with Gasteiger partial charge >= 0.3 is 0 Å². The van der Waals surface area contributed by atoms with E-state index in [0.29, 0.717) is 12.8 Å². The molecular weight excluding hydrogens is 172 g/mol. The largest absolute Gasteiger partial charge is 0.396 e. The second-order valence-corrected chi connectivity index (χ2v) is 3.10. The van der Waals surface area contributed by atoms with Gasteiger partial charge in [0, 0.05) is 13.0 Å². The van der Waals surface area contributed by atoms with Gasteiger partial charge in [0.2, 0.25) is 0 Å². The third kappa shape index (κ3) is 5.74. The number of carbonyl (C=O) groups is 1. The number of aliphatic hydroxyl groups is 3. The smallest absolute Gasteiger partial charge is 0.161 e. The van der Waals surface area contributed by atoms with Crippen LogP contribution >= 0.6 is 0 Å². The minimum absolute atomic E-state index is 0.0777. The summed E-state index contributed by atoms with van der Waals surface area (Å²) >= 11 is 0. The van der Waals surface area contributed by atoms with E-state index in [2.05, 4.69) is 0 Å². The summed E-state index contributed by atoms with van der Waals surface area (Å²) in [6.45, 7) is 1.65. The Hall–Kier alpha value is -0.450. The summed E-state index contributed by atoms with van der Waals surface area (Å²) < 4.78 is 0. The van der Waals surface area contributed by atoms with Crippen molar-refractivity contribution in [3.63, 3.8) is 0 Å². The van der Waals surface area contributed by atoms with Crippen LogP contribution in [0.15, 0.2) is 0 Å². The lowest BCUT2D eigenvalue weighted by molar-refractivity contribution is -0.127. The highest BCUT2D eigenvalue weighted by Crippen LogP contribution is 2.05. The predicted molar refractivity (Wildman–Crippen MR) is 48.2 cm³/mol. The fourth-order valence-electron chi connectivity index (χ4n) is 0.997. The van der Waals surface area contributed by atoms with E-state index in [4.69, 9.17) is 15.3 Å². The van der Waals surface area contributed by atoms with Gasteiger partial charge in [0.1, 0.15) is 6.10 Å². The molecule has 0 saturated carbocycles. The van der Waals surface area contributed by atoms with E-state index >= 15 is 0 Å². The van der Waals surface area contributed by atoms with Crippen LogP contribution in [0.5, 0.6) is 0 Å². The van der Waals surface area contributed by atoms with Crippen LogP contribution in [0.4, 0.5) is 0 Å². The normalized spacial score (nSPS) is 15.4. The molecule has 0 aliphatic rings. The average Bonchev–Trinajstić information content (AvgIpc) is 2.13. The lowest BCUT2D eigenvalue weighted by Crippen LogP contribution is -2.21. The summed E-state index contributed by atoms with van der Waals surface area (Å²) in [7, 11) is 0. The van der Waals surface area contributed by atoms with Crippen molar-refractivity contribution in [2.45, 2.75) is 44.8 Å². The number of ketones is 1. The van der Waals surface area contributed by atoms with Crippen molar-refractivity contribution in [2.75, 3.05) is 6.61 Å². The van der Waals surface area contributed by atoms with E-state index in [1.54, 1.807) is 6.92 Å². The minimum atomic E-state index is -0.902. The number of rotatable bonds is 7. The van der Waals surface area contributed by atoms with Crippen molar-refractivity contribution >= 4 is 5.78 Å². The van der Waals surface area contributed by atoms with Gasteiger partial charge < -0.3 is 15.3 Å². The Bertz CT molecular complexity index is 147. The summed E-state index contributed by atoms with van der Waals surface area (Å²) in [5.74, 6) is -0.237. The monoisotopic (exact) mass is 190 g/mol. The fraction of sp³-hybridized carbons (Fsp3) is 0.889. The van der Waals surface area contributed by atoms with Gasteiger partial charge in [0.25, 0.3) is 0 Å². The van der Waals surface area contributed by atoms with Gasteiger partial charge in [0.15, 0.2) is 5.78 Å². The van der Waals surface area contributed by atoms with E-state index in [0.717, 1.165) is 0 Å². The molecule has 4 heteroatoms. The summed E-state index contributed by atoms with van der Waals surface area (Å²) in [5.41, 5.74) is 0. The van der Waals surface area contributed by atoms with Gasteiger partial charge in [-0.05, 0) is 19.3 Å². The molecule has 0 heterocycles. The van der Waals surface area contributed by atoms with Crippen molar-refractivity contribution in [1.82, 2.24) is 0 Å². The number of carbonyl (C=O) groups excluding carboxylic acids is 1. The molecule has 0 aromatic carbocycles. The lowest BCUT2D eigenvalue weighted by atomic mass is 10.0. The third-order valence-electron chi connectivity index (χ3n) is 1.94. The highest BCUT2D eigenvalue weighted by Gasteiger charge is 2.14. The van der Waals surface area contributed by atoms with Crippen LogP contribution in [0.3, 0.4) is 0 Å². The minimum Gasteiger partial charge on any atom is -0.396 e. The van der Waals surface area contributed by atoms with Gasteiger partial charge in [-0.2, -0.15) is 0 Å². The summed E-state index contributed by atoms with van der Waals surface area (Å²) in [5, 5.41) is 26.7. The molecule has 2 atom stereocenters. The highest BCUT2D eigenvalue weighted by molar-refractivity contribution is 5.82. The predicted octanol–water partition coefficient (Wildman–Crippen LogP) is -0.150. The topological polar surface area (TPSA) is 77.8 Å². The molecule has 2 unspecified atom stereocenters. The van der Waals surface area contributed by atoms with Crippen molar-refractivity contribution in [3.05, 3.63) is 0 Å². The van der Waals surface area contributed by atoms with Gasteiger partial charge in [-0.25, -0.2) is 0 Å². The van der Waals surface area contributed by atoms with E-state index in [1.165, 1.54) is 0 Å². The maximum atomic E-state index is 11.1. The zero-order valence-electron chi connectivity index (χ0n) is 7.94. The molecule has 3 N–H and O–H groups in total. The van der Waals surface area contributed by atoms with Crippen molar-refractivity contribution in [1.29, 1.82) is 0 Å². The van der Waals surface area contributed by atoms with E-state index in [1.807, 2.05) is 0 Å². The maximum Gasteiger partial charge on any atom is 0.161 e. The number of hydrogen-bond acceptors (Lipinski definition) is 4. The molecule has 0 fully saturated rings. The molecule has 4 nitrogen and oxygen atoms in total. The third-order valence-corrected chi connectivity index (χ3v) is 1.94. The van der Waals surface area contributed by atoms with E-state index < -0.39 is 12.2 Å². The van der Waals surface area contributed by atoms with E-state index in [-0.39, 0.29) is 25.2 Å². The Balaban J connectivity index is 3.57. The highest BCUT2D eigenvalue weighted by atomic mass is 16.3. The Labute approximate surface area is 78.2 Å². The summed E-state index contributed by atoms with van der Waals surface area (Å²) in [6, 6.07) is 0. The van der Waals surface area contributed by atoms with Gasteiger partial charge in [-0.1, -0.05) is 6.92 Å². The van der Waals surface area contributed by atoms with Crippen LogP contribution in [0, 0.1) is 0 Å². The molecule has 0 radical (unpaired) electrons. The first-order valence-electron chi connectivity index (χ1n) is 4.61. The van der Waals surface area contributed by atoms with Crippen LogP contribution in [0.25, 0.3) is 0 Å². The molecule has 0 aliphatic heterocycles. The Morgan fingerprint density at radius 2 is 1.92 bits per heavy atom. The van der Waals surface area contributed by atoms with Gasteiger partial charge in [-0.3, -0.25) is 4.79 Å². The standard InChI is InChI=1S/C9H18O4/c1-2-8(12)9(13)4-3-7(11)5-6-10/h7-8,10-12H,2-6H2,1H3. The van der Waals surface area contributed by atoms with Gasteiger partial charge in [-0.15, -0.1) is 0 Å². The molecule has 13 heavy (non-hydrogen) atoms. The maximum absolute atomic E-state index is 11.1. The molecule has 0 bridgehead atoms. The molecule has 0 aliphatic carbocycles. The van der Waals surface area contributed by atoms with Gasteiger partial charge in [0.05, 0.1) is 6.10 Å². The fourth-order valence-corrected chi connectivity index (χ4v) is 0.997. The Morgan fingerprint density at radius 1 is 1.31 bits per heavy atom. The molecule has 0 aromatic heterocycles. The Morgan fingerprint density at radius 3 is 2.38 bits per heavy atom. The molecule has 0 saturated heterocycles. The van der Waals surface area contributed by atoms with Crippen LogP contribution in [-0.4, -0.2) is 39.9 Å². The Kier molecular flexibility index (Phi) is 6.76. The average molecular weight is 190 g/mol. The summed E-state index contributed by atoms with van der Waals surface area (Å²) in [6.07, 6.45) is -0.351. The number of aliphatic hydroxyl groups excluding tert-OH is 3. The van der Waals surface area contributed by atoms with Crippen LogP contribution in [0.2, 0.25) is 0 Å². The molecular formula is C9H18O4. The molecule has 78 valence electrons. The van der Waals surface area contributed by atoms with E-state index in [9.17, 15) is 4.79 Å². The molecule has 0 amide bonds. The van der Waals surface area contributed by atoms with Crippen LogP contribution in [0.1, 0.15) is 32.6 Å². The number of hydrogen-bond donors (Lipinski definition) is 3. The first-order chi connectivity index (χ1) is 6.11. The van der Waals surface area contributed by atoms with Crippen molar-refractivity contribution in [2.24, 2.45) is 0 Å². The first kappa shape index (κ1) is 12.6. The van der Waals surface area contributed by atoms with Crippen LogP contribution in [-0.2, 0) is 4.79 Å². The van der Waals surface area contributed by atoms with Crippen molar-refractivity contribution in [3.8, 4) is 0 Å². The zero-order valence-corrected chi connectivity index (χ0v) is 7.94. The zero-order chi connectivity index (χ0) is 10.3.